The SMILES string of the molecule is O=C(NC1CCN(C(=O)Nc2nc(-c3cccnc3)cs2)CC1)c1ccccc1F. The van der Waals surface area contributed by atoms with Gasteiger partial charge in [0.15, 0.2) is 5.13 Å². The zero-order valence-corrected chi connectivity index (χ0v) is 16.9. The van der Waals surface area contributed by atoms with Crippen LogP contribution in [0.2, 0.25) is 0 Å². The molecular weight excluding hydrogens is 405 g/mol. The fourth-order valence-corrected chi connectivity index (χ4v) is 3.99. The van der Waals surface area contributed by atoms with Crippen molar-refractivity contribution in [1.82, 2.24) is 20.2 Å². The van der Waals surface area contributed by atoms with Crippen LogP contribution in [0.25, 0.3) is 11.3 Å². The number of likely N-dealkylation sites (tertiary alicyclic amines) is 1. The lowest BCUT2D eigenvalue weighted by molar-refractivity contribution is 0.0915. The zero-order valence-electron chi connectivity index (χ0n) is 16.0. The van der Waals surface area contributed by atoms with E-state index in [0.29, 0.717) is 31.1 Å². The highest BCUT2D eigenvalue weighted by Gasteiger charge is 2.25. The molecular formula is C21H20FN5O2S. The van der Waals surface area contributed by atoms with Crippen molar-refractivity contribution in [3.05, 3.63) is 65.6 Å². The Morgan fingerprint density at radius 1 is 1.13 bits per heavy atom. The molecule has 2 N–H and O–H groups in total. The van der Waals surface area contributed by atoms with E-state index in [-0.39, 0.29) is 17.6 Å². The maximum Gasteiger partial charge on any atom is 0.323 e. The minimum atomic E-state index is -0.541. The van der Waals surface area contributed by atoms with Gasteiger partial charge >= 0.3 is 6.03 Å². The molecule has 0 saturated carbocycles. The number of carbonyl (C=O) groups excluding carboxylic acids is 2. The van der Waals surface area contributed by atoms with Crippen LogP contribution in [0.4, 0.5) is 14.3 Å². The van der Waals surface area contributed by atoms with Gasteiger partial charge in [0.2, 0.25) is 0 Å². The van der Waals surface area contributed by atoms with Crippen molar-refractivity contribution in [3.8, 4) is 11.3 Å². The van der Waals surface area contributed by atoms with Crippen LogP contribution in [0.1, 0.15) is 23.2 Å². The summed E-state index contributed by atoms with van der Waals surface area (Å²) in [5.74, 6) is -0.970. The molecule has 0 radical (unpaired) electrons. The van der Waals surface area contributed by atoms with Crippen LogP contribution in [0, 0.1) is 5.82 Å². The Labute approximate surface area is 177 Å². The van der Waals surface area contributed by atoms with E-state index < -0.39 is 11.7 Å². The van der Waals surface area contributed by atoms with Crippen molar-refractivity contribution in [2.45, 2.75) is 18.9 Å². The number of benzene rings is 1. The van der Waals surface area contributed by atoms with Gasteiger partial charge in [0, 0.05) is 42.5 Å². The molecule has 30 heavy (non-hydrogen) atoms. The van der Waals surface area contributed by atoms with E-state index in [0.717, 1.165) is 11.3 Å². The average Bonchev–Trinajstić information content (AvgIpc) is 3.23. The molecule has 154 valence electrons. The predicted octanol–water partition coefficient (Wildman–Crippen LogP) is 3.77. The third kappa shape index (κ3) is 4.62. The molecule has 3 heterocycles. The lowest BCUT2D eigenvalue weighted by Crippen LogP contribution is -2.47. The first kappa shape index (κ1) is 20.0. The van der Waals surface area contributed by atoms with Crippen molar-refractivity contribution in [2.24, 2.45) is 0 Å². The van der Waals surface area contributed by atoms with Crippen LogP contribution in [0.15, 0.2) is 54.2 Å². The summed E-state index contributed by atoms with van der Waals surface area (Å²) in [5.41, 5.74) is 1.68. The van der Waals surface area contributed by atoms with Crippen molar-refractivity contribution in [1.29, 1.82) is 0 Å². The van der Waals surface area contributed by atoms with Gasteiger partial charge in [-0.2, -0.15) is 0 Å². The second-order valence-electron chi connectivity index (χ2n) is 6.92. The van der Waals surface area contributed by atoms with Gasteiger partial charge in [0.25, 0.3) is 5.91 Å². The molecule has 4 rings (SSSR count). The predicted molar refractivity (Wildman–Crippen MR) is 113 cm³/mol. The van der Waals surface area contributed by atoms with Gasteiger partial charge in [-0.25, -0.2) is 14.2 Å². The monoisotopic (exact) mass is 425 g/mol. The number of nitrogens with one attached hydrogen (secondary N) is 2. The number of piperidine rings is 1. The first-order valence-corrected chi connectivity index (χ1v) is 10.5. The topological polar surface area (TPSA) is 87.2 Å². The van der Waals surface area contributed by atoms with Crippen molar-refractivity contribution < 1.29 is 14.0 Å². The molecule has 3 amide bonds. The number of aromatic nitrogens is 2. The van der Waals surface area contributed by atoms with Crippen molar-refractivity contribution >= 4 is 28.4 Å². The molecule has 0 unspecified atom stereocenters. The zero-order chi connectivity index (χ0) is 20.9. The highest BCUT2D eigenvalue weighted by atomic mass is 32.1. The Kier molecular flexibility index (Phi) is 5.99. The minimum absolute atomic E-state index is 0.0332. The Bertz CT molecular complexity index is 1030. The smallest absolute Gasteiger partial charge is 0.323 e. The first-order valence-electron chi connectivity index (χ1n) is 9.57. The Hall–Kier alpha value is -3.33. The second kappa shape index (κ2) is 9.00. The summed E-state index contributed by atoms with van der Waals surface area (Å²) in [5, 5.41) is 8.08. The Balaban J connectivity index is 1.28. The molecule has 7 nitrogen and oxygen atoms in total. The van der Waals surface area contributed by atoms with Crippen LogP contribution < -0.4 is 10.6 Å². The second-order valence-corrected chi connectivity index (χ2v) is 7.78. The van der Waals surface area contributed by atoms with Crippen LogP contribution in [0.5, 0.6) is 0 Å². The maximum atomic E-state index is 13.7. The van der Waals surface area contributed by atoms with Crippen LogP contribution >= 0.6 is 11.3 Å². The van der Waals surface area contributed by atoms with Gasteiger partial charge in [-0.05, 0) is 37.1 Å². The molecule has 1 saturated heterocycles. The third-order valence-corrected chi connectivity index (χ3v) is 5.67. The van der Waals surface area contributed by atoms with Gasteiger partial charge in [-0.3, -0.25) is 15.1 Å². The van der Waals surface area contributed by atoms with E-state index in [9.17, 15) is 14.0 Å². The lowest BCUT2D eigenvalue weighted by Gasteiger charge is -2.32. The molecule has 3 aromatic rings. The quantitative estimate of drug-likeness (QED) is 0.666. The molecule has 1 fully saturated rings. The average molecular weight is 425 g/mol. The van der Waals surface area contributed by atoms with Gasteiger partial charge in [0.05, 0.1) is 11.3 Å². The summed E-state index contributed by atoms with van der Waals surface area (Å²) >= 11 is 1.35. The van der Waals surface area contributed by atoms with Gasteiger partial charge in [0.1, 0.15) is 5.82 Å². The number of carbonyl (C=O) groups is 2. The van der Waals surface area contributed by atoms with E-state index in [4.69, 9.17) is 0 Å². The number of hydrogen-bond donors (Lipinski definition) is 2. The Morgan fingerprint density at radius 2 is 1.93 bits per heavy atom. The number of thiazole rings is 1. The Morgan fingerprint density at radius 3 is 2.67 bits per heavy atom. The van der Waals surface area contributed by atoms with Crippen LogP contribution in [-0.2, 0) is 0 Å². The van der Waals surface area contributed by atoms with E-state index in [1.54, 1.807) is 29.4 Å². The largest absolute Gasteiger partial charge is 0.349 e. The number of amides is 3. The summed E-state index contributed by atoms with van der Waals surface area (Å²) in [7, 11) is 0. The highest BCUT2D eigenvalue weighted by Crippen LogP contribution is 2.24. The summed E-state index contributed by atoms with van der Waals surface area (Å²) in [6.45, 7) is 0.990. The first-order chi connectivity index (χ1) is 14.6. The summed E-state index contributed by atoms with van der Waals surface area (Å²) < 4.78 is 13.7. The number of pyridine rings is 1. The van der Waals surface area contributed by atoms with E-state index in [1.165, 1.54) is 23.5 Å². The van der Waals surface area contributed by atoms with Crippen LogP contribution in [0.3, 0.4) is 0 Å². The number of hydrogen-bond acceptors (Lipinski definition) is 5. The summed E-state index contributed by atoms with van der Waals surface area (Å²) in [6, 6.07) is 9.32. The molecule has 1 aliphatic rings. The highest BCUT2D eigenvalue weighted by molar-refractivity contribution is 7.14. The molecule has 9 heteroatoms. The van der Waals surface area contributed by atoms with E-state index in [2.05, 4.69) is 20.6 Å². The number of anilines is 1. The molecule has 0 spiro atoms. The molecule has 0 bridgehead atoms. The third-order valence-electron chi connectivity index (χ3n) is 4.91. The number of urea groups is 1. The number of nitrogens with zero attached hydrogens (tertiary/aromatic N) is 3. The molecule has 1 aromatic carbocycles. The van der Waals surface area contributed by atoms with Gasteiger partial charge in [-0.1, -0.05) is 12.1 Å². The van der Waals surface area contributed by atoms with Gasteiger partial charge in [-0.15, -0.1) is 11.3 Å². The molecule has 1 aliphatic heterocycles. The maximum absolute atomic E-state index is 13.7. The normalized spacial score (nSPS) is 14.4. The summed E-state index contributed by atoms with van der Waals surface area (Å²) in [6.07, 6.45) is 4.63. The molecule has 2 aromatic heterocycles. The standard InChI is InChI=1S/C21H20FN5O2S/c22-17-6-2-1-5-16(17)19(28)24-15-7-10-27(11-8-15)21(29)26-20-25-18(13-30-20)14-4-3-9-23-12-14/h1-6,9,12-13,15H,7-8,10-11H2,(H,24,28)(H,25,26,29). The van der Waals surface area contributed by atoms with Crippen molar-refractivity contribution in [2.75, 3.05) is 18.4 Å². The minimum Gasteiger partial charge on any atom is -0.349 e. The van der Waals surface area contributed by atoms with E-state index >= 15 is 0 Å². The fourth-order valence-electron chi connectivity index (χ4n) is 3.28. The van der Waals surface area contributed by atoms with Crippen molar-refractivity contribution in [3.63, 3.8) is 0 Å². The molecule has 0 aliphatic carbocycles. The number of rotatable bonds is 4. The fraction of sp³-hybridized carbons (Fsp3) is 0.238. The number of halogens is 1. The molecule has 0 atom stereocenters. The lowest BCUT2D eigenvalue weighted by atomic mass is 10.0. The van der Waals surface area contributed by atoms with Gasteiger partial charge < -0.3 is 10.2 Å². The van der Waals surface area contributed by atoms with E-state index in [1.807, 2.05) is 17.5 Å². The van der Waals surface area contributed by atoms with Crippen LogP contribution in [-0.4, -0.2) is 45.9 Å². The summed E-state index contributed by atoms with van der Waals surface area (Å²) in [4.78, 5) is 35.0.